The summed E-state index contributed by atoms with van der Waals surface area (Å²) in [5.41, 5.74) is 7.31. The van der Waals surface area contributed by atoms with Crippen LogP contribution < -0.4 is 11.3 Å². The average molecular weight is 346 g/mol. The second-order valence-electron chi connectivity index (χ2n) is 5.70. The Bertz CT molecular complexity index is 885. The van der Waals surface area contributed by atoms with E-state index in [1.165, 1.54) is 15.9 Å². The molecule has 0 radical (unpaired) electrons. The first-order chi connectivity index (χ1) is 11.0. The van der Waals surface area contributed by atoms with E-state index in [4.69, 9.17) is 5.73 Å². The maximum absolute atomic E-state index is 12.2. The van der Waals surface area contributed by atoms with Crippen LogP contribution in [0, 0.1) is 5.92 Å². The summed E-state index contributed by atoms with van der Waals surface area (Å²) in [6.07, 6.45) is 0.859. The molecule has 0 saturated heterocycles. The minimum Gasteiger partial charge on any atom is -0.398 e. The molecule has 3 rings (SSSR count). The van der Waals surface area contributed by atoms with Gasteiger partial charge in [-0.1, -0.05) is 37.3 Å². The first kappa shape index (κ1) is 16.0. The summed E-state index contributed by atoms with van der Waals surface area (Å²) in [6, 6.07) is 9.25. The number of nitrogens with zero attached hydrogens (tertiary/aromatic N) is 3. The van der Waals surface area contributed by atoms with Crippen molar-refractivity contribution in [1.82, 2.24) is 14.6 Å². The lowest BCUT2D eigenvalue weighted by atomic mass is 10.1. The molecular formula is C16H18N4OS2. The van der Waals surface area contributed by atoms with Gasteiger partial charge in [0.1, 0.15) is 5.01 Å². The molecule has 3 aromatic rings. The number of hydrogen-bond acceptors (Lipinski definition) is 6. The zero-order valence-electron chi connectivity index (χ0n) is 13.0. The van der Waals surface area contributed by atoms with Crippen molar-refractivity contribution in [2.45, 2.75) is 30.9 Å². The zero-order chi connectivity index (χ0) is 16.4. The number of anilines is 1. The largest absolute Gasteiger partial charge is 0.398 e. The highest BCUT2D eigenvalue weighted by Gasteiger charge is 2.10. The maximum atomic E-state index is 12.2. The molecule has 120 valence electrons. The predicted octanol–water partition coefficient (Wildman–Crippen LogP) is 3.22. The van der Waals surface area contributed by atoms with Gasteiger partial charge >= 0.3 is 0 Å². The zero-order valence-corrected chi connectivity index (χ0v) is 14.7. The Kier molecular flexibility index (Phi) is 4.68. The van der Waals surface area contributed by atoms with Gasteiger partial charge in [-0.15, -0.1) is 11.8 Å². The van der Waals surface area contributed by atoms with E-state index in [0.29, 0.717) is 16.6 Å². The second kappa shape index (κ2) is 6.72. The van der Waals surface area contributed by atoms with Gasteiger partial charge in [0, 0.05) is 28.8 Å². The summed E-state index contributed by atoms with van der Waals surface area (Å²) in [5, 5.41) is 5.31. The van der Waals surface area contributed by atoms with Crippen molar-refractivity contribution in [3.63, 3.8) is 0 Å². The van der Waals surface area contributed by atoms with Crippen LogP contribution in [0.2, 0.25) is 0 Å². The number of rotatable bonds is 5. The fourth-order valence-electron chi connectivity index (χ4n) is 2.17. The maximum Gasteiger partial charge on any atom is 0.275 e. The van der Waals surface area contributed by atoms with Crippen LogP contribution in [0.25, 0.3) is 4.96 Å². The van der Waals surface area contributed by atoms with Crippen molar-refractivity contribution in [2.75, 3.05) is 5.73 Å². The third-order valence-electron chi connectivity index (χ3n) is 3.22. The summed E-state index contributed by atoms with van der Waals surface area (Å²) in [6.45, 7) is 4.27. The number of benzene rings is 1. The van der Waals surface area contributed by atoms with E-state index in [1.807, 2.05) is 24.3 Å². The number of nitrogen functional groups attached to an aromatic ring is 1. The van der Waals surface area contributed by atoms with Crippen molar-refractivity contribution < 1.29 is 0 Å². The van der Waals surface area contributed by atoms with Crippen molar-refractivity contribution in [1.29, 1.82) is 0 Å². The Morgan fingerprint density at radius 2 is 2.13 bits per heavy atom. The lowest BCUT2D eigenvalue weighted by Crippen LogP contribution is -2.15. The van der Waals surface area contributed by atoms with Gasteiger partial charge in [-0.25, -0.2) is 4.98 Å². The van der Waals surface area contributed by atoms with Gasteiger partial charge in [0.05, 0.1) is 5.69 Å². The van der Waals surface area contributed by atoms with Crippen LogP contribution >= 0.6 is 23.1 Å². The molecule has 0 unspecified atom stereocenters. The van der Waals surface area contributed by atoms with Crippen molar-refractivity contribution in [2.24, 2.45) is 5.92 Å². The van der Waals surface area contributed by atoms with Gasteiger partial charge in [-0.3, -0.25) is 4.79 Å². The number of fused-ring (bicyclic) bond motifs is 1. The van der Waals surface area contributed by atoms with E-state index >= 15 is 0 Å². The quantitative estimate of drug-likeness (QED) is 0.567. The third-order valence-corrected chi connectivity index (χ3v) is 5.27. The van der Waals surface area contributed by atoms with Gasteiger partial charge in [-0.2, -0.15) is 9.61 Å². The van der Waals surface area contributed by atoms with Gasteiger partial charge < -0.3 is 5.73 Å². The first-order valence-electron chi connectivity index (χ1n) is 7.39. The van der Waals surface area contributed by atoms with Crippen molar-refractivity contribution in [3.05, 3.63) is 51.4 Å². The van der Waals surface area contributed by atoms with E-state index in [0.717, 1.165) is 27.7 Å². The van der Waals surface area contributed by atoms with E-state index in [9.17, 15) is 4.79 Å². The Labute approximate surface area is 142 Å². The summed E-state index contributed by atoms with van der Waals surface area (Å²) >= 11 is 3.07. The smallest absolute Gasteiger partial charge is 0.275 e. The van der Waals surface area contributed by atoms with Crippen LogP contribution in [0.3, 0.4) is 0 Å². The van der Waals surface area contributed by atoms with E-state index in [2.05, 4.69) is 23.9 Å². The van der Waals surface area contributed by atoms with Crippen LogP contribution in [0.15, 0.2) is 40.0 Å². The normalized spacial score (nSPS) is 11.4. The number of thioether (sulfide) groups is 1. The van der Waals surface area contributed by atoms with E-state index in [1.54, 1.807) is 17.8 Å². The van der Waals surface area contributed by atoms with Crippen molar-refractivity contribution in [3.8, 4) is 0 Å². The van der Waals surface area contributed by atoms with Gasteiger partial charge in [-0.05, 0) is 18.1 Å². The number of hydrogen-bond donors (Lipinski definition) is 1. The monoisotopic (exact) mass is 346 g/mol. The molecule has 23 heavy (non-hydrogen) atoms. The fraction of sp³-hybridized carbons (Fsp3) is 0.312. The standard InChI is InChI=1S/C16H18N4OS2/c1-10(2)7-14-19-20-15(21)8-11(18-16(20)23-14)9-22-13-6-4-3-5-12(13)17/h3-6,8,10H,7,9,17H2,1-2H3. The molecule has 0 aliphatic rings. The van der Waals surface area contributed by atoms with Crippen LogP contribution in [0.1, 0.15) is 24.5 Å². The Morgan fingerprint density at radius 1 is 1.35 bits per heavy atom. The number of para-hydroxylation sites is 1. The summed E-state index contributed by atoms with van der Waals surface area (Å²) in [7, 11) is 0. The minimum absolute atomic E-state index is 0.127. The highest BCUT2D eigenvalue weighted by atomic mass is 32.2. The SMILES string of the molecule is CC(C)Cc1nn2c(=O)cc(CSc3ccccc3N)nc2s1. The molecule has 0 bridgehead atoms. The molecule has 2 heterocycles. The molecule has 2 aromatic heterocycles. The van der Waals surface area contributed by atoms with E-state index < -0.39 is 0 Å². The minimum atomic E-state index is -0.127. The predicted molar refractivity (Wildman–Crippen MR) is 96.1 cm³/mol. The van der Waals surface area contributed by atoms with Crippen LogP contribution in [0.4, 0.5) is 5.69 Å². The molecule has 2 N–H and O–H groups in total. The number of aromatic nitrogens is 3. The molecule has 0 saturated carbocycles. The summed E-state index contributed by atoms with van der Waals surface area (Å²) in [5.74, 6) is 1.11. The topological polar surface area (TPSA) is 73.3 Å². The van der Waals surface area contributed by atoms with Gasteiger partial charge in [0.25, 0.3) is 5.56 Å². The highest BCUT2D eigenvalue weighted by Crippen LogP contribution is 2.27. The Hall–Kier alpha value is -1.86. The molecular weight excluding hydrogens is 328 g/mol. The van der Waals surface area contributed by atoms with Crippen LogP contribution in [0.5, 0.6) is 0 Å². The summed E-state index contributed by atoms with van der Waals surface area (Å²) in [4.78, 5) is 18.4. The lowest BCUT2D eigenvalue weighted by Gasteiger charge is -2.04. The Morgan fingerprint density at radius 3 is 2.87 bits per heavy atom. The summed E-state index contributed by atoms with van der Waals surface area (Å²) < 4.78 is 1.40. The second-order valence-corrected chi connectivity index (χ2v) is 7.76. The molecule has 0 amide bonds. The molecule has 0 atom stereocenters. The molecule has 1 aromatic carbocycles. The lowest BCUT2D eigenvalue weighted by molar-refractivity contribution is 0.635. The molecule has 7 heteroatoms. The van der Waals surface area contributed by atoms with Crippen LogP contribution in [-0.4, -0.2) is 14.6 Å². The number of nitrogens with two attached hydrogens (primary N) is 1. The highest BCUT2D eigenvalue weighted by molar-refractivity contribution is 7.98. The average Bonchev–Trinajstić information content (AvgIpc) is 2.88. The Balaban J connectivity index is 1.84. The first-order valence-corrected chi connectivity index (χ1v) is 9.19. The van der Waals surface area contributed by atoms with Crippen LogP contribution in [-0.2, 0) is 12.2 Å². The fourth-order valence-corrected chi connectivity index (χ4v) is 4.16. The molecule has 0 fully saturated rings. The van der Waals surface area contributed by atoms with Gasteiger partial charge in [0.15, 0.2) is 0 Å². The molecule has 0 aliphatic heterocycles. The van der Waals surface area contributed by atoms with Crippen molar-refractivity contribution >= 4 is 33.7 Å². The van der Waals surface area contributed by atoms with Gasteiger partial charge in [0.2, 0.25) is 4.96 Å². The molecule has 5 nitrogen and oxygen atoms in total. The third kappa shape index (κ3) is 3.73. The molecule has 0 spiro atoms. The van der Waals surface area contributed by atoms with E-state index in [-0.39, 0.29) is 5.56 Å². The molecule has 0 aliphatic carbocycles.